The quantitative estimate of drug-likeness (QED) is 0.682. The average molecular weight is 329 g/mol. The van der Waals surface area contributed by atoms with Crippen molar-refractivity contribution in [3.05, 3.63) is 65.4 Å². The molecule has 6 heteroatoms. The number of rotatable bonds is 6. The van der Waals surface area contributed by atoms with Crippen LogP contribution >= 0.6 is 11.6 Å². The third-order valence-electron chi connectivity index (χ3n) is 3.42. The minimum absolute atomic E-state index is 0.0348. The van der Waals surface area contributed by atoms with E-state index in [1.807, 2.05) is 42.5 Å². The molecule has 0 aliphatic rings. The molecular formula is C17H17ClN4O. The zero-order valence-corrected chi connectivity index (χ0v) is 13.2. The summed E-state index contributed by atoms with van der Waals surface area (Å²) < 4.78 is 1.77. The smallest absolute Gasteiger partial charge is 0.129 e. The first-order valence-electron chi connectivity index (χ1n) is 7.34. The Bertz CT molecular complexity index is 756. The van der Waals surface area contributed by atoms with Crippen LogP contribution in [0.1, 0.15) is 5.56 Å². The van der Waals surface area contributed by atoms with E-state index in [1.54, 1.807) is 16.9 Å². The molecule has 0 saturated carbocycles. The van der Waals surface area contributed by atoms with Crippen LogP contribution in [0.4, 0.5) is 5.82 Å². The Morgan fingerprint density at radius 2 is 1.96 bits per heavy atom. The summed E-state index contributed by atoms with van der Waals surface area (Å²) in [5.74, 6) is 0.854. The molecule has 0 aliphatic heterocycles. The van der Waals surface area contributed by atoms with Gasteiger partial charge < -0.3 is 10.4 Å². The van der Waals surface area contributed by atoms with Crippen LogP contribution in [0.5, 0.6) is 0 Å². The maximum Gasteiger partial charge on any atom is 0.129 e. The molecule has 3 aromatic rings. The van der Waals surface area contributed by atoms with Crippen LogP contribution in [0.25, 0.3) is 11.3 Å². The molecule has 0 atom stereocenters. The van der Waals surface area contributed by atoms with Crippen molar-refractivity contribution in [3.8, 4) is 11.3 Å². The molecule has 0 spiro atoms. The van der Waals surface area contributed by atoms with Gasteiger partial charge in [0.2, 0.25) is 0 Å². The SMILES string of the molecule is OCCn1nc(-c2ccccc2)cc1NCc1ccc(Cl)nc1. The number of aliphatic hydroxyl groups excluding tert-OH is 1. The molecule has 2 aromatic heterocycles. The number of benzene rings is 1. The Kier molecular flexibility index (Phi) is 4.90. The minimum atomic E-state index is 0.0348. The number of pyridine rings is 1. The lowest BCUT2D eigenvalue weighted by Gasteiger charge is -2.08. The largest absolute Gasteiger partial charge is 0.394 e. The fraction of sp³-hybridized carbons (Fsp3) is 0.176. The number of nitrogens with zero attached hydrogens (tertiary/aromatic N) is 3. The summed E-state index contributed by atoms with van der Waals surface area (Å²) in [5.41, 5.74) is 2.93. The molecule has 0 unspecified atom stereocenters. The Morgan fingerprint density at radius 3 is 2.65 bits per heavy atom. The van der Waals surface area contributed by atoms with Crippen LogP contribution < -0.4 is 5.32 Å². The molecule has 3 rings (SSSR count). The molecule has 118 valence electrons. The van der Waals surface area contributed by atoms with Gasteiger partial charge in [-0.15, -0.1) is 0 Å². The Hall–Kier alpha value is -2.37. The van der Waals surface area contributed by atoms with E-state index in [-0.39, 0.29) is 6.61 Å². The van der Waals surface area contributed by atoms with Gasteiger partial charge >= 0.3 is 0 Å². The molecule has 5 nitrogen and oxygen atoms in total. The van der Waals surface area contributed by atoms with E-state index < -0.39 is 0 Å². The van der Waals surface area contributed by atoms with Crippen molar-refractivity contribution in [2.45, 2.75) is 13.1 Å². The second kappa shape index (κ2) is 7.26. The standard InChI is InChI=1S/C17H17ClN4O/c18-16-7-6-13(11-19-16)12-20-17-10-15(21-22(17)8-9-23)14-4-2-1-3-5-14/h1-7,10-11,20,23H,8-9,12H2. The first-order valence-corrected chi connectivity index (χ1v) is 7.72. The first-order chi connectivity index (χ1) is 11.3. The van der Waals surface area contributed by atoms with Gasteiger partial charge in [0.1, 0.15) is 11.0 Å². The molecule has 0 aliphatic carbocycles. The molecule has 0 radical (unpaired) electrons. The maximum atomic E-state index is 9.23. The second-order valence-electron chi connectivity index (χ2n) is 5.07. The number of aliphatic hydroxyl groups is 1. The molecular weight excluding hydrogens is 312 g/mol. The molecule has 2 heterocycles. The number of halogens is 1. The molecule has 1 aromatic carbocycles. The zero-order chi connectivity index (χ0) is 16.1. The van der Waals surface area contributed by atoms with Crippen molar-refractivity contribution in [1.29, 1.82) is 0 Å². The van der Waals surface area contributed by atoms with Crippen molar-refractivity contribution in [2.24, 2.45) is 0 Å². The number of aromatic nitrogens is 3. The first kappa shape index (κ1) is 15.5. The maximum absolute atomic E-state index is 9.23. The average Bonchev–Trinajstić information content (AvgIpc) is 2.99. The fourth-order valence-corrected chi connectivity index (χ4v) is 2.39. The molecule has 0 amide bonds. The summed E-state index contributed by atoms with van der Waals surface area (Å²) in [5, 5.41) is 17.6. The van der Waals surface area contributed by atoms with Crippen LogP contribution in [-0.2, 0) is 13.1 Å². The summed E-state index contributed by atoms with van der Waals surface area (Å²) >= 11 is 5.79. The molecule has 23 heavy (non-hydrogen) atoms. The Balaban J connectivity index is 1.80. The number of nitrogens with one attached hydrogen (secondary N) is 1. The van der Waals surface area contributed by atoms with Crippen molar-refractivity contribution in [3.63, 3.8) is 0 Å². The van der Waals surface area contributed by atoms with E-state index in [0.29, 0.717) is 18.2 Å². The van der Waals surface area contributed by atoms with Crippen LogP contribution in [0.2, 0.25) is 5.15 Å². The molecule has 0 fully saturated rings. The van der Waals surface area contributed by atoms with E-state index in [4.69, 9.17) is 11.6 Å². The number of hydrogen-bond donors (Lipinski definition) is 2. The van der Waals surface area contributed by atoms with Crippen molar-refractivity contribution >= 4 is 17.4 Å². The van der Waals surface area contributed by atoms with Gasteiger partial charge in [-0.05, 0) is 11.6 Å². The summed E-state index contributed by atoms with van der Waals surface area (Å²) in [4.78, 5) is 4.07. The van der Waals surface area contributed by atoms with E-state index in [0.717, 1.165) is 22.6 Å². The van der Waals surface area contributed by atoms with E-state index in [2.05, 4.69) is 15.4 Å². The lowest BCUT2D eigenvalue weighted by Crippen LogP contribution is -2.10. The van der Waals surface area contributed by atoms with Gasteiger partial charge in [0, 0.05) is 24.4 Å². The topological polar surface area (TPSA) is 63.0 Å². The third-order valence-corrected chi connectivity index (χ3v) is 3.65. The predicted octanol–water partition coefficient (Wildman–Crippen LogP) is 3.20. The Labute approximate surface area is 139 Å². The summed E-state index contributed by atoms with van der Waals surface area (Å²) in [6.07, 6.45) is 1.74. The minimum Gasteiger partial charge on any atom is -0.394 e. The molecule has 0 bridgehead atoms. The van der Waals surface area contributed by atoms with E-state index in [1.165, 1.54) is 0 Å². The summed E-state index contributed by atoms with van der Waals surface area (Å²) in [6, 6.07) is 15.6. The van der Waals surface area contributed by atoms with Gasteiger partial charge in [-0.1, -0.05) is 48.0 Å². The lowest BCUT2D eigenvalue weighted by atomic mass is 10.1. The Morgan fingerprint density at radius 1 is 1.13 bits per heavy atom. The summed E-state index contributed by atoms with van der Waals surface area (Å²) in [7, 11) is 0. The van der Waals surface area contributed by atoms with Crippen molar-refractivity contribution in [2.75, 3.05) is 11.9 Å². The van der Waals surface area contributed by atoms with Gasteiger partial charge in [0.25, 0.3) is 0 Å². The normalized spacial score (nSPS) is 10.7. The second-order valence-corrected chi connectivity index (χ2v) is 5.46. The highest BCUT2D eigenvalue weighted by atomic mass is 35.5. The van der Waals surface area contributed by atoms with E-state index >= 15 is 0 Å². The van der Waals surface area contributed by atoms with Crippen LogP contribution in [0.3, 0.4) is 0 Å². The zero-order valence-electron chi connectivity index (χ0n) is 12.5. The third kappa shape index (κ3) is 3.88. The van der Waals surface area contributed by atoms with Gasteiger partial charge in [0.15, 0.2) is 0 Å². The van der Waals surface area contributed by atoms with Gasteiger partial charge in [-0.2, -0.15) is 5.10 Å². The highest BCUT2D eigenvalue weighted by Gasteiger charge is 2.09. The van der Waals surface area contributed by atoms with Crippen LogP contribution in [-0.4, -0.2) is 26.5 Å². The number of anilines is 1. The highest BCUT2D eigenvalue weighted by molar-refractivity contribution is 6.29. The predicted molar refractivity (Wildman–Crippen MR) is 91.3 cm³/mol. The fourth-order valence-electron chi connectivity index (χ4n) is 2.28. The molecule has 0 saturated heterocycles. The highest BCUT2D eigenvalue weighted by Crippen LogP contribution is 2.22. The van der Waals surface area contributed by atoms with Gasteiger partial charge in [-0.3, -0.25) is 0 Å². The monoisotopic (exact) mass is 328 g/mol. The van der Waals surface area contributed by atoms with Gasteiger partial charge in [-0.25, -0.2) is 9.67 Å². The number of hydrogen-bond acceptors (Lipinski definition) is 4. The van der Waals surface area contributed by atoms with Crippen molar-refractivity contribution < 1.29 is 5.11 Å². The van der Waals surface area contributed by atoms with Crippen molar-refractivity contribution in [1.82, 2.24) is 14.8 Å². The van der Waals surface area contributed by atoms with E-state index in [9.17, 15) is 5.11 Å². The van der Waals surface area contributed by atoms with Crippen LogP contribution in [0, 0.1) is 0 Å². The van der Waals surface area contributed by atoms with Crippen LogP contribution in [0.15, 0.2) is 54.7 Å². The lowest BCUT2D eigenvalue weighted by molar-refractivity contribution is 0.270. The summed E-state index contributed by atoms with van der Waals surface area (Å²) in [6.45, 7) is 1.08. The van der Waals surface area contributed by atoms with Gasteiger partial charge in [0.05, 0.1) is 18.8 Å². The molecule has 2 N–H and O–H groups in total.